The van der Waals surface area contributed by atoms with Crippen LogP contribution in [0, 0.1) is 0 Å². The molecule has 0 saturated carbocycles. The van der Waals surface area contributed by atoms with E-state index in [-0.39, 0.29) is 18.2 Å². The molecule has 1 aromatic heterocycles. The molecule has 0 unspecified atom stereocenters. The molecule has 0 aliphatic heterocycles. The lowest BCUT2D eigenvalue weighted by Gasteiger charge is -2.05. The first kappa shape index (κ1) is 14.3. The number of furan rings is 1. The minimum absolute atomic E-state index is 0. The normalized spacial score (nSPS) is 10.2. The van der Waals surface area contributed by atoms with Gasteiger partial charge in [-0.3, -0.25) is 4.79 Å². The minimum Gasteiger partial charge on any atom is -0.451 e. The first-order valence-corrected chi connectivity index (χ1v) is 5.58. The van der Waals surface area contributed by atoms with Crippen molar-refractivity contribution in [2.75, 3.05) is 0 Å². The SMILES string of the molecule is CC(C)c1ccc(-c2ccc(C(N)=O)o2)cc1.Cl. The fourth-order valence-electron chi connectivity index (χ4n) is 1.66. The van der Waals surface area contributed by atoms with Crippen LogP contribution in [0.2, 0.25) is 0 Å². The summed E-state index contributed by atoms with van der Waals surface area (Å²) in [6, 6.07) is 11.4. The molecule has 3 nitrogen and oxygen atoms in total. The molecule has 0 saturated heterocycles. The number of hydrogen-bond acceptors (Lipinski definition) is 2. The molecule has 0 aliphatic carbocycles. The van der Waals surface area contributed by atoms with E-state index in [2.05, 4.69) is 26.0 Å². The Hall–Kier alpha value is -1.74. The van der Waals surface area contributed by atoms with Gasteiger partial charge in [0.25, 0.3) is 5.91 Å². The van der Waals surface area contributed by atoms with Gasteiger partial charge in [-0.2, -0.15) is 0 Å². The fraction of sp³-hybridized carbons (Fsp3) is 0.214. The van der Waals surface area contributed by atoms with Gasteiger partial charge in [0.05, 0.1) is 0 Å². The van der Waals surface area contributed by atoms with Gasteiger partial charge in [-0.05, 0) is 23.6 Å². The van der Waals surface area contributed by atoms with Crippen LogP contribution in [0.4, 0.5) is 0 Å². The molecule has 18 heavy (non-hydrogen) atoms. The van der Waals surface area contributed by atoms with Crippen molar-refractivity contribution < 1.29 is 9.21 Å². The second kappa shape index (κ2) is 5.74. The van der Waals surface area contributed by atoms with E-state index in [1.54, 1.807) is 12.1 Å². The van der Waals surface area contributed by atoms with Crippen molar-refractivity contribution in [3.05, 3.63) is 47.7 Å². The van der Waals surface area contributed by atoms with Crippen LogP contribution in [0.15, 0.2) is 40.8 Å². The Morgan fingerprint density at radius 3 is 2.17 bits per heavy atom. The fourth-order valence-corrected chi connectivity index (χ4v) is 1.66. The zero-order valence-electron chi connectivity index (χ0n) is 10.3. The third kappa shape index (κ3) is 2.93. The predicted octanol–water partition coefficient (Wildman–Crippen LogP) is 3.59. The van der Waals surface area contributed by atoms with Crippen molar-refractivity contribution in [3.63, 3.8) is 0 Å². The summed E-state index contributed by atoms with van der Waals surface area (Å²) in [4.78, 5) is 10.9. The van der Waals surface area contributed by atoms with E-state index in [0.29, 0.717) is 11.7 Å². The Bertz CT molecular complexity index is 529. The van der Waals surface area contributed by atoms with Crippen molar-refractivity contribution in [2.45, 2.75) is 19.8 Å². The molecule has 0 radical (unpaired) electrons. The second-order valence-electron chi connectivity index (χ2n) is 4.30. The summed E-state index contributed by atoms with van der Waals surface area (Å²) >= 11 is 0. The molecule has 0 bridgehead atoms. The van der Waals surface area contributed by atoms with Crippen molar-refractivity contribution in [3.8, 4) is 11.3 Å². The summed E-state index contributed by atoms with van der Waals surface area (Å²) in [6.45, 7) is 4.29. The Morgan fingerprint density at radius 1 is 1.11 bits per heavy atom. The van der Waals surface area contributed by atoms with Crippen LogP contribution in [0.3, 0.4) is 0 Å². The molecule has 0 fully saturated rings. The van der Waals surface area contributed by atoms with Gasteiger partial charge < -0.3 is 10.2 Å². The minimum atomic E-state index is -0.546. The zero-order chi connectivity index (χ0) is 12.4. The number of amides is 1. The molecule has 4 heteroatoms. The highest BCUT2D eigenvalue weighted by Crippen LogP contribution is 2.24. The first-order chi connectivity index (χ1) is 8.08. The number of nitrogens with two attached hydrogens (primary N) is 1. The molecule has 1 amide bonds. The van der Waals surface area contributed by atoms with Gasteiger partial charge >= 0.3 is 0 Å². The number of hydrogen-bond donors (Lipinski definition) is 1. The lowest BCUT2D eigenvalue weighted by molar-refractivity contribution is 0.0974. The number of carbonyl (C=O) groups is 1. The lowest BCUT2D eigenvalue weighted by Crippen LogP contribution is -2.09. The standard InChI is InChI=1S/C14H15NO2.ClH/c1-9(2)10-3-5-11(6-4-10)12-7-8-13(17-12)14(15)16;/h3-9H,1-2H3,(H2,15,16);1H. The predicted molar refractivity (Wildman–Crippen MR) is 74.0 cm³/mol. The van der Waals surface area contributed by atoms with E-state index in [1.807, 2.05) is 12.1 Å². The van der Waals surface area contributed by atoms with Gasteiger partial charge in [0, 0.05) is 5.56 Å². The molecular weight excluding hydrogens is 250 g/mol. The smallest absolute Gasteiger partial charge is 0.284 e. The van der Waals surface area contributed by atoms with Crippen molar-refractivity contribution in [1.29, 1.82) is 0 Å². The average molecular weight is 266 g/mol. The summed E-state index contributed by atoms with van der Waals surface area (Å²) in [5, 5.41) is 0. The van der Waals surface area contributed by atoms with Crippen LogP contribution in [0.25, 0.3) is 11.3 Å². The molecule has 0 atom stereocenters. The molecule has 1 heterocycles. The maximum atomic E-state index is 10.9. The van der Waals surface area contributed by atoms with Crippen LogP contribution < -0.4 is 5.73 Å². The molecule has 2 N–H and O–H groups in total. The zero-order valence-corrected chi connectivity index (χ0v) is 11.2. The summed E-state index contributed by atoms with van der Waals surface area (Å²) in [7, 11) is 0. The Kier molecular flexibility index (Phi) is 4.56. The Balaban J connectivity index is 0.00000162. The molecule has 0 spiro atoms. The topological polar surface area (TPSA) is 56.2 Å². The highest BCUT2D eigenvalue weighted by atomic mass is 35.5. The van der Waals surface area contributed by atoms with Gasteiger partial charge in [-0.25, -0.2) is 0 Å². The number of rotatable bonds is 3. The van der Waals surface area contributed by atoms with E-state index in [1.165, 1.54) is 5.56 Å². The highest BCUT2D eigenvalue weighted by molar-refractivity contribution is 5.90. The average Bonchev–Trinajstić information content (AvgIpc) is 2.78. The molecule has 0 aliphatic rings. The van der Waals surface area contributed by atoms with Crippen LogP contribution >= 0.6 is 12.4 Å². The second-order valence-corrected chi connectivity index (χ2v) is 4.30. The maximum absolute atomic E-state index is 10.9. The van der Waals surface area contributed by atoms with Crippen molar-refractivity contribution in [1.82, 2.24) is 0 Å². The van der Waals surface area contributed by atoms with Crippen LogP contribution in [-0.4, -0.2) is 5.91 Å². The lowest BCUT2D eigenvalue weighted by atomic mass is 10.0. The van der Waals surface area contributed by atoms with Crippen molar-refractivity contribution >= 4 is 18.3 Å². The van der Waals surface area contributed by atoms with Crippen molar-refractivity contribution in [2.24, 2.45) is 5.73 Å². The molecular formula is C14H16ClNO2. The van der Waals surface area contributed by atoms with Gasteiger partial charge in [0.1, 0.15) is 5.76 Å². The largest absolute Gasteiger partial charge is 0.451 e. The van der Waals surface area contributed by atoms with E-state index in [9.17, 15) is 4.79 Å². The number of benzene rings is 1. The molecule has 2 rings (SSSR count). The molecule has 1 aromatic carbocycles. The monoisotopic (exact) mass is 265 g/mol. The summed E-state index contributed by atoms with van der Waals surface area (Å²) in [5.41, 5.74) is 7.36. The van der Waals surface area contributed by atoms with Gasteiger partial charge in [-0.1, -0.05) is 38.1 Å². The van der Waals surface area contributed by atoms with Crippen LogP contribution in [-0.2, 0) is 0 Å². The summed E-state index contributed by atoms with van der Waals surface area (Å²) in [5.74, 6) is 0.805. The first-order valence-electron chi connectivity index (χ1n) is 5.58. The van der Waals surface area contributed by atoms with Gasteiger partial charge in [0.2, 0.25) is 0 Å². The Morgan fingerprint density at radius 2 is 1.72 bits per heavy atom. The molecule has 96 valence electrons. The van der Waals surface area contributed by atoms with Gasteiger partial charge in [0.15, 0.2) is 5.76 Å². The maximum Gasteiger partial charge on any atom is 0.284 e. The third-order valence-electron chi connectivity index (χ3n) is 2.71. The molecule has 2 aromatic rings. The van der Waals surface area contributed by atoms with E-state index >= 15 is 0 Å². The Labute approximate surface area is 112 Å². The quantitative estimate of drug-likeness (QED) is 0.922. The highest BCUT2D eigenvalue weighted by Gasteiger charge is 2.08. The van der Waals surface area contributed by atoms with E-state index in [4.69, 9.17) is 10.2 Å². The van der Waals surface area contributed by atoms with E-state index in [0.717, 1.165) is 5.56 Å². The van der Waals surface area contributed by atoms with Crippen LogP contribution in [0.1, 0.15) is 35.9 Å². The number of carbonyl (C=O) groups excluding carboxylic acids is 1. The van der Waals surface area contributed by atoms with E-state index < -0.39 is 5.91 Å². The van der Waals surface area contributed by atoms with Gasteiger partial charge in [-0.15, -0.1) is 12.4 Å². The number of halogens is 1. The number of primary amides is 1. The third-order valence-corrected chi connectivity index (χ3v) is 2.71. The summed E-state index contributed by atoms with van der Waals surface area (Å²) < 4.78 is 5.36. The summed E-state index contributed by atoms with van der Waals surface area (Å²) in [6.07, 6.45) is 0. The van der Waals surface area contributed by atoms with Crippen LogP contribution in [0.5, 0.6) is 0 Å².